The average molecular weight is 187 g/mol. The molecule has 0 radical (unpaired) electrons. The van der Waals surface area contributed by atoms with Crippen LogP contribution >= 0.6 is 0 Å². The van der Waals surface area contributed by atoms with Gasteiger partial charge in [-0.2, -0.15) is 0 Å². The number of imidazole rings is 1. The van der Waals surface area contributed by atoms with Gasteiger partial charge in [0.2, 0.25) is 0 Å². The van der Waals surface area contributed by atoms with Gasteiger partial charge in [0.1, 0.15) is 0 Å². The van der Waals surface area contributed by atoms with E-state index in [1.165, 1.54) is 0 Å². The van der Waals surface area contributed by atoms with E-state index in [0.29, 0.717) is 6.54 Å². The van der Waals surface area contributed by atoms with Crippen molar-refractivity contribution < 1.29 is 0 Å². The third-order valence-corrected chi connectivity index (χ3v) is 2.22. The standard InChI is InChI=1S/C11H13N3/c1-14-7-11(13-8-14)10-5-3-2-4-9(10)6-12/h2-5,7-8H,6,12H2,1H3. The Morgan fingerprint density at radius 2 is 2.14 bits per heavy atom. The predicted molar refractivity (Wildman–Crippen MR) is 56.5 cm³/mol. The molecular formula is C11H13N3. The molecule has 0 saturated heterocycles. The quantitative estimate of drug-likeness (QED) is 0.775. The van der Waals surface area contributed by atoms with Gasteiger partial charge in [-0.3, -0.25) is 0 Å². The normalized spacial score (nSPS) is 10.4. The second-order valence-electron chi connectivity index (χ2n) is 3.29. The lowest BCUT2D eigenvalue weighted by Gasteiger charge is -2.03. The molecule has 3 nitrogen and oxygen atoms in total. The summed E-state index contributed by atoms with van der Waals surface area (Å²) in [5.41, 5.74) is 8.89. The molecule has 0 spiro atoms. The van der Waals surface area contributed by atoms with E-state index in [0.717, 1.165) is 16.8 Å². The highest BCUT2D eigenvalue weighted by atomic mass is 15.0. The van der Waals surface area contributed by atoms with E-state index in [1.54, 1.807) is 6.33 Å². The first kappa shape index (κ1) is 8.97. The van der Waals surface area contributed by atoms with Crippen molar-refractivity contribution in [3.8, 4) is 11.3 Å². The van der Waals surface area contributed by atoms with E-state index in [-0.39, 0.29) is 0 Å². The minimum atomic E-state index is 0.548. The Kier molecular flexibility index (Phi) is 2.33. The van der Waals surface area contributed by atoms with Gasteiger partial charge >= 0.3 is 0 Å². The van der Waals surface area contributed by atoms with Gasteiger partial charge in [0, 0.05) is 25.4 Å². The van der Waals surface area contributed by atoms with Crippen LogP contribution < -0.4 is 5.73 Å². The number of nitrogens with two attached hydrogens (primary N) is 1. The van der Waals surface area contributed by atoms with Crippen molar-refractivity contribution in [3.05, 3.63) is 42.4 Å². The Balaban J connectivity index is 2.50. The number of hydrogen-bond donors (Lipinski definition) is 1. The molecule has 1 aromatic carbocycles. The van der Waals surface area contributed by atoms with Gasteiger partial charge < -0.3 is 10.3 Å². The van der Waals surface area contributed by atoms with Crippen LogP contribution in [0.4, 0.5) is 0 Å². The fourth-order valence-electron chi connectivity index (χ4n) is 1.50. The fraction of sp³-hybridized carbons (Fsp3) is 0.182. The average Bonchev–Trinajstić information content (AvgIpc) is 2.65. The molecule has 0 fully saturated rings. The Hall–Kier alpha value is -1.61. The lowest BCUT2D eigenvalue weighted by molar-refractivity contribution is 0.913. The first-order valence-electron chi connectivity index (χ1n) is 4.57. The van der Waals surface area contributed by atoms with Gasteiger partial charge in [0.05, 0.1) is 12.0 Å². The molecule has 0 aliphatic carbocycles. The maximum absolute atomic E-state index is 5.66. The van der Waals surface area contributed by atoms with Crippen molar-refractivity contribution in [1.82, 2.24) is 9.55 Å². The lowest BCUT2D eigenvalue weighted by atomic mass is 10.1. The summed E-state index contributed by atoms with van der Waals surface area (Å²) >= 11 is 0. The van der Waals surface area contributed by atoms with Crippen LogP contribution in [0.25, 0.3) is 11.3 Å². The van der Waals surface area contributed by atoms with E-state index in [9.17, 15) is 0 Å². The molecule has 72 valence electrons. The fourth-order valence-corrected chi connectivity index (χ4v) is 1.50. The summed E-state index contributed by atoms with van der Waals surface area (Å²) in [5, 5.41) is 0. The molecule has 0 aliphatic heterocycles. The SMILES string of the molecule is Cn1cnc(-c2ccccc2CN)c1. The van der Waals surface area contributed by atoms with Crippen LogP contribution in [0.2, 0.25) is 0 Å². The van der Waals surface area contributed by atoms with Gasteiger partial charge in [0.25, 0.3) is 0 Å². The molecule has 1 heterocycles. The van der Waals surface area contributed by atoms with Crippen molar-refractivity contribution in [2.75, 3.05) is 0 Å². The molecule has 0 amide bonds. The van der Waals surface area contributed by atoms with E-state index >= 15 is 0 Å². The Morgan fingerprint density at radius 3 is 2.79 bits per heavy atom. The van der Waals surface area contributed by atoms with Crippen molar-refractivity contribution in [2.24, 2.45) is 12.8 Å². The zero-order valence-corrected chi connectivity index (χ0v) is 8.14. The van der Waals surface area contributed by atoms with E-state index in [1.807, 2.05) is 42.1 Å². The summed E-state index contributed by atoms with van der Waals surface area (Å²) in [6.07, 6.45) is 3.79. The summed E-state index contributed by atoms with van der Waals surface area (Å²) in [6, 6.07) is 8.08. The second kappa shape index (κ2) is 3.64. The summed E-state index contributed by atoms with van der Waals surface area (Å²) in [5.74, 6) is 0. The van der Waals surface area contributed by atoms with Crippen LogP contribution in [-0.2, 0) is 13.6 Å². The highest BCUT2D eigenvalue weighted by Gasteiger charge is 2.04. The zero-order valence-electron chi connectivity index (χ0n) is 8.14. The number of hydrogen-bond acceptors (Lipinski definition) is 2. The molecular weight excluding hydrogens is 174 g/mol. The van der Waals surface area contributed by atoms with Gasteiger partial charge in [0.15, 0.2) is 0 Å². The Labute approximate surface area is 83.2 Å². The Morgan fingerprint density at radius 1 is 1.36 bits per heavy atom. The lowest BCUT2D eigenvalue weighted by Crippen LogP contribution is -1.98. The van der Waals surface area contributed by atoms with E-state index in [2.05, 4.69) is 4.98 Å². The largest absolute Gasteiger partial charge is 0.340 e. The van der Waals surface area contributed by atoms with E-state index in [4.69, 9.17) is 5.73 Å². The van der Waals surface area contributed by atoms with Gasteiger partial charge in [-0.1, -0.05) is 24.3 Å². The van der Waals surface area contributed by atoms with Crippen LogP contribution in [0, 0.1) is 0 Å². The van der Waals surface area contributed by atoms with Crippen LogP contribution in [-0.4, -0.2) is 9.55 Å². The molecule has 0 aliphatic rings. The monoisotopic (exact) mass is 187 g/mol. The molecule has 2 rings (SSSR count). The highest BCUT2D eigenvalue weighted by Crippen LogP contribution is 2.20. The third-order valence-electron chi connectivity index (χ3n) is 2.22. The number of nitrogens with zero attached hydrogens (tertiary/aromatic N) is 2. The van der Waals surface area contributed by atoms with Crippen molar-refractivity contribution in [3.63, 3.8) is 0 Å². The Bertz CT molecular complexity index is 432. The molecule has 0 unspecified atom stereocenters. The first-order chi connectivity index (χ1) is 6.81. The molecule has 3 heteroatoms. The molecule has 0 saturated carbocycles. The van der Waals surface area contributed by atoms with Crippen LogP contribution in [0.1, 0.15) is 5.56 Å². The molecule has 0 atom stereocenters. The van der Waals surface area contributed by atoms with Crippen LogP contribution in [0.15, 0.2) is 36.8 Å². The summed E-state index contributed by atoms with van der Waals surface area (Å²) in [6.45, 7) is 0.548. The smallest absolute Gasteiger partial charge is 0.0951 e. The minimum absolute atomic E-state index is 0.548. The molecule has 2 aromatic rings. The molecule has 0 bridgehead atoms. The van der Waals surface area contributed by atoms with Crippen LogP contribution in [0.5, 0.6) is 0 Å². The van der Waals surface area contributed by atoms with Gasteiger partial charge in [-0.15, -0.1) is 0 Å². The first-order valence-corrected chi connectivity index (χ1v) is 4.57. The number of aryl methyl sites for hydroxylation is 1. The van der Waals surface area contributed by atoms with Gasteiger partial charge in [-0.05, 0) is 5.56 Å². The zero-order chi connectivity index (χ0) is 9.97. The topological polar surface area (TPSA) is 43.8 Å². The molecule has 14 heavy (non-hydrogen) atoms. The van der Waals surface area contributed by atoms with Crippen LogP contribution in [0.3, 0.4) is 0 Å². The third kappa shape index (κ3) is 1.54. The number of benzene rings is 1. The highest BCUT2D eigenvalue weighted by molar-refractivity contribution is 5.62. The summed E-state index contributed by atoms with van der Waals surface area (Å²) in [4.78, 5) is 4.30. The van der Waals surface area contributed by atoms with Crippen molar-refractivity contribution in [1.29, 1.82) is 0 Å². The van der Waals surface area contributed by atoms with Crippen molar-refractivity contribution in [2.45, 2.75) is 6.54 Å². The second-order valence-corrected chi connectivity index (χ2v) is 3.29. The number of rotatable bonds is 2. The maximum Gasteiger partial charge on any atom is 0.0951 e. The van der Waals surface area contributed by atoms with E-state index < -0.39 is 0 Å². The van der Waals surface area contributed by atoms with Gasteiger partial charge in [-0.25, -0.2) is 4.98 Å². The maximum atomic E-state index is 5.66. The molecule has 2 N–H and O–H groups in total. The predicted octanol–water partition coefficient (Wildman–Crippen LogP) is 1.55. The summed E-state index contributed by atoms with van der Waals surface area (Å²) < 4.78 is 1.93. The van der Waals surface area contributed by atoms with Crippen molar-refractivity contribution >= 4 is 0 Å². The number of aromatic nitrogens is 2. The minimum Gasteiger partial charge on any atom is -0.340 e. The molecule has 1 aromatic heterocycles. The summed E-state index contributed by atoms with van der Waals surface area (Å²) in [7, 11) is 1.96.